The molecular formula is C13H31NO. The molecular weight excluding hydrogens is 186 g/mol. The first-order chi connectivity index (χ1) is 7.00. The van der Waals surface area contributed by atoms with Gasteiger partial charge in [0.15, 0.2) is 0 Å². The van der Waals surface area contributed by atoms with Gasteiger partial charge in [0.2, 0.25) is 0 Å². The molecule has 0 unspecified atom stereocenters. The molecule has 0 spiro atoms. The second kappa shape index (κ2) is 13.6. The maximum absolute atomic E-state index is 11.0. The van der Waals surface area contributed by atoms with E-state index in [4.69, 9.17) is 0 Å². The number of carbonyl (C=O) groups is 1. The van der Waals surface area contributed by atoms with E-state index in [0.717, 1.165) is 19.4 Å². The van der Waals surface area contributed by atoms with E-state index >= 15 is 0 Å². The highest BCUT2D eigenvalue weighted by Gasteiger charge is 2.22. The third-order valence-corrected chi connectivity index (χ3v) is 2.18. The van der Waals surface area contributed by atoms with Gasteiger partial charge < -0.3 is 5.32 Å². The van der Waals surface area contributed by atoms with Crippen LogP contribution in [0.15, 0.2) is 0 Å². The van der Waals surface area contributed by atoms with Crippen LogP contribution in [0.25, 0.3) is 0 Å². The van der Waals surface area contributed by atoms with Gasteiger partial charge in [0.05, 0.1) is 0 Å². The van der Waals surface area contributed by atoms with E-state index in [0.29, 0.717) is 0 Å². The van der Waals surface area contributed by atoms with Crippen LogP contribution in [0.1, 0.15) is 61.3 Å². The van der Waals surface area contributed by atoms with Crippen LogP contribution in [0, 0.1) is 5.41 Å². The maximum Gasteiger partial charge on any atom is 0.135 e. The Hall–Kier alpha value is -0.370. The first-order valence-corrected chi connectivity index (χ1v) is 6.16. The third kappa shape index (κ3) is 13.6. The lowest BCUT2D eigenvalue weighted by Gasteiger charge is -2.20. The summed E-state index contributed by atoms with van der Waals surface area (Å²) in [6, 6.07) is 0. The summed E-state index contributed by atoms with van der Waals surface area (Å²) in [5.41, 5.74) is -0.128. The summed E-state index contributed by atoms with van der Waals surface area (Å²) in [6.45, 7) is 14.7. The largest absolute Gasteiger partial charge is 0.320 e. The Morgan fingerprint density at radius 2 is 1.53 bits per heavy atom. The summed E-state index contributed by atoms with van der Waals surface area (Å²) in [5.74, 6) is 0.286. The van der Waals surface area contributed by atoms with Gasteiger partial charge in [-0.25, -0.2) is 0 Å². The van der Waals surface area contributed by atoms with Crippen LogP contribution in [-0.2, 0) is 4.79 Å². The second-order valence-corrected chi connectivity index (χ2v) is 3.65. The van der Waals surface area contributed by atoms with Crippen molar-refractivity contribution in [3.8, 4) is 0 Å². The van der Waals surface area contributed by atoms with Gasteiger partial charge in [-0.3, -0.25) is 4.79 Å². The van der Waals surface area contributed by atoms with E-state index in [1.165, 1.54) is 0 Å². The molecule has 0 rings (SSSR count). The standard InChI is InChI=1S/C9H19NO.2C2H6/c1-8(11)9(2,3)6-5-7-10-4;2*1-2/h10H,5-7H2,1-4H3;2*1-2H3. The van der Waals surface area contributed by atoms with Crippen molar-refractivity contribution in [2.45, 2.75) is 61.3 Å². The molecule has 15 heavy (non-hydrogen) atoms. The van der Waals surface area contributed by atoms with Gasteiger partial charge in [0, 0.05) is 5.41 Å². The first-order valence-electron chi connectivity index (χ1n) is 6.16. The molecule has 0 aromatic rings. The molecule has 0 radical (unpaired) electrons. The summed E-state index contributed by atoms with van der Waals surface area (Å²) in [6.07, 6.45) is 2.05. The van der Waals surface area contributed by atoms with Crippen molar-refractivity contribution in [3.63, 3.8) is 0 Å². The fourth-order valence-corrected chi connectivity index (χ4v) is 0.883. The van der Waals surface area contributed by atoms with Crippen molar-refractivity contribution in [1.82, 2.24) is 5.32 Å². The Labute approximate surface area is 96.8 Å². The molecule has 0 aliphatic carbocycles. The SMILES string of the molecule is CC.CC.CNCCCC(C)(C)C(C)=O. The molecule has 0 aliphatic rings. The van der Waals surface area contributed by atoms with Crippen molar-refractivity contribution >= 4 is 5.78 Å². The summed E-state index contributed by atoms with van der Waals surface area (Å²) in [5, 5.41) is 3.07. The Morgan fingerprint density at radius 1 is 1.13 bits per heavy atom. The molecule has 94 valence electrons. The Kier molecular flexibility index (Phi) is 18.3. The number of rotatable bonds is 5. The fraction of sp³-hybridized carbons (Fsp3) is 0.923. The predicted molar refractivity (Wildman–Crippen MR) is 70.3 cm³/mol. The van der Waals surface area contributed by atoms with Crippen LogP contribution >= 0.6 is 0 Å². The molecule has 0 heterocycles. The van der Waals surface area contributed by atoms with Gasteiger partial charge in [-0.2, -0.15) is 0 Å². The first kappa shape index (κ1) is 20.1. The van der Waals surface area contributed by atoms with E-state index in [9.17, 15) is 4.79 Å². The molecule has 2 nitrogen and oxygen atoms in total. The quantitative estimate of drug-likeness (QED) is 0.712. The van der Waals surface area contributed by atoms with E-state index in [1.54, 1.807) is 6.92 Å². The van der Waals surface area contributed by atoms with Crippen LogP contribution in [0.5, 0.6) is 0 Å². The second-order valence-electron chi connectivity index (χ2n) is 3.65. The number of ketones is 1. The van der Waals surface area contributed by atoms with Gasteiger partial charge >= 0.3 is 0 Å². The van der Waals surface area contributed by atoms with Gasteiger partial charge in [0.25, 0.3) is 0 Å². The van der Waals surface area contributed by atoms with Crippen molar-refractivity contribution in [1.29, 1.82) is 0 Å². The molecule has 0 aromatic carbocycles. The summed E-state index contributed by atoms with van der Waals surface area (Å²) in [7, 11) is 1.93. The van der Waals surface area contributed by atoms with Crippen molar-refractivity contribution in [3.05, 3.63) is 0 Å². The Bertz CT molecular complexity index is 130. The van der Waals surface area contributed by atoms with Gasteiger partial charge in [-0.05, 0) is 33.4 Å². The van der Waals surface area contributed by atoms with Crippen LogP contribution in [-0.4, -0.2) is 19.4 Å². The molecule has 0 saturated heterocycles. The van der Waals surface area contributed by atoms with Crippen LogP contribution in [0.4, 0.5) is 0 Å². The number of Topliss-reactive ketones (excluding diaryl/α,β-unsaturated/α-hetero) is 1. The summed E-state index contributed by atoms with van der Waals surface area (Å²) < 4.78 is 0. The van der Waals surface area contributed by atoms with E-state index in [-0.39, 0.29) is 11.2 Å². The van der Waals surface area contributed by atoms with Crippen LogP contribution in [0.2, 0.25) is 0 Å². The molecule has 0 amide bonds. The number of hydrogen-bond acceptors (Lipinski definition) is 2. The smallest absolute Gasteiger partial charge is 0.135 e. The molecule has 1 N–H and O–H groups in total. The van der Waals surface area contributed by atoms with Crippen LogP contribution in [0.3, 0.4) is 0 Å². The van der Waals surface area contributed by atoms with E-state index in [1.807, 2.05) is 48.6 Å². The highest BCUT2D eigenvalue weighted by Crippen LogP contribution is 2.22. The van der Waals surface area contributed by atoms with Gasteiger partial charge in [0.1, 0.15) is 5.78 Å². The molecule has 0 bridgehead atoms. The summed E-state index contributed by atoms with van der Waals surface area (Å²) >= 11 is 0. The highest BCUT2D eigenvalue weighted by atomic mass is 16.1. The van der Waals surface area contributed by atoms with Crippen molar-refractivity contribution < 1.29 is 4.79 Å². The molecule has 0 atom stereocenters. The lowest BCUT2D eigenvalue weighted by atomic mass is 9.84. The minimum atomic E-state index is -0.128. The molecule has 0 aromatic heterocycles. The van der Waals surface area contributed by atoms with E-state index in [2.05, 4.69) is 5.32 Å². The van der Waals surface area contributed by atoms with Gasteiger partial charge in [-0.1, -0.05) is 41.5 Å². The zero-order chi connectivity index (χ0) is 12.9. The van der Waals surface area contributed by atoms with Crippen LogP contribution < -0.4 is 5.32 Å². The fourth-order valence-electron chi connectivity index (χ4n) is 0.883. The molecule has 0 fully saturated rings. The minimum Gasteiger partial charge on any atom is -0.320 e. The Morgan fingerprint density at radius 3 is 1.80 bits per heavy atom. The predicted octanol–water partition coefficient (Wildman–Crippen LogP) is 3.65. The zero-order valence-corrected chi connectivity index (χ0v) is 12.0. The Balaban J connectivity index is -0.000000318. The van der Waals surface area contributed by atoms with Gasteiger partial charge in [-0.15, -0.1) is 0 Å². The topological polar surface area (TPSA) is 29.1 Å². The zero-order valence-electron chi connectivity index (χ0n) is 12.0. The maximum atomic E-state index is 11.0. The summed E-state index contributed by atoms with van der Waals surface area (Å²) in [4.78, 5) is 11.0. The lowest BCUT2D eigenvalue weighted by Crippen LogP contribution is -2.22. The number of nitrogens with one attached hydrogen (secondary N) is 1. The lowest BCUT2D eigenvalue weighted by molar-refractivity contribution is -0.125. The average molecular weight is 217 g/mol. The molecule has 0 saturated carbocycles. The molecule has 2 heteroatoms. The van der Waals surface area contributed by atoms with Crippen molar-refractivity contribution in [2.75, 3.05) is 13.6 Å². The van der Waals surface area contributed by atoms with Crippen molar-refractivity contribution in [2.24, 2.45) is 5.41 Å². The monoisotopic (exact) mass is 217 g/mol. The van der Waals surface area contributed by atoms with E-state index < -0.39 is 0 Å². The highest BCUT2D eigenvalue weighted by molar-refractivity contribution is 5.81. The molecule has 0 aliphatic heterocycles. The average Bonchev–Trinajstić information content (AvgIpc) is 2.24. The minimum absolute atomic E-state index is 0.128. The number of carbonyl (C=O) groups excluding carboxylic acids is 1. The normalized spacial score (nSPS) is 9.33. The number of hydrogen-bond donors (Lipinski definition) is 1. The third-order valence-electron chi connectivity index (χ3n) is 2.18.